The third-order valence-corrected chi connectivity index (χ3v) is 3.71. The minimum atomic E-state index is 0.345. The molecule has 3 heteroatoms. The predicted octanol–water partition coefficient (Wildman–Crippen LogP) is 5.64. The van der Waals surface area contributed by atoms with Crippen molar-refractivity contribution in [1.82, 2.24) is 0 Å². The third-order valence-electron chi connectivity index (χ3n) is 3.41. The summed E-state index contributed by atoms with van der Waals surface area (Å²) in [6.45, 7) is 8.00. The smallest absolute Gasteiger partial charge is 0.118 e. The van der Waals surface area contributed by atoms with Crippen molar-refractivity contribution in [2.75, 3.05) is 7.11 Å². The molecule has 2 rings (SSSR count). The van der Waals surface area contributed by atoms with Crippen molar-refractivity contribution in [3.8, 4) is 5.75 Å². The van der Waals surface area contributed by atoms with Gasteiger partial charge in [0.1, 0.15) is 5.75 Å². The van der Waals surface area contributed by atoms with Gasteiger partial charge in [0.05, 0.1) is 13.2 Å². The SMILES string of the molecule is CC.CC.COc1ccc(C2CCC(OS)CC2)cc1. The Morgan fingerprint density at radius 1 is 0.900 bits per heavy atom. The maximum Gasteiger partial charge on any atom is 0.118 e. The zero-order chi connectivity index (χ0) is 15.4. The summed E-state index contributed by atoms with van der Waals surface area (Å²) < 4.78 is 10.2. The Kier molecular flexibility index (Phi) is 11.7. The van der Waals surface area contributed by atoms with Crippen molar-refractivity contribution < 1.29 is 8.92 Å². The average Bonchev–Trinajstić information content (AvgIpc) is 2.59. The molecule has 1 aliphatic carbocycles. The highest BCUT2D eigenvalue weighted by atomic mass is 32.1. The third kappa shape index (κ3) is 6.19. The van der Waals surface area contributed by atoms with E-state index >= 15 is 0 Å². The summed E-state index contributed by atoms with van der Waals surface area (Å²) in [4.78, 5) is 0. The minimum Gasteiger partial charge on any atom is -0.497 e. The lowest BCUT2D eigenvalue weighted by Crippen LogP contribution is -2.17. The fourth-order valence-corrected chi connectivity index (χ4v) is 2.59. The van der Waals surface area contributed by atoms with Crippen molar-refractivity contribution in [1.29, 1.82) is 0 Å². The van der Waals surface area contributed by atoms with E-state index in [2.05, 4.69) is 25.0 Å². The van der Waals surface area contributed by atoms with Gasteiger partial charge in [-0.05, 0) is 62.2 Å². The molecule has 0 unspecified atom stereocenters. The zero-order valence-electron chi connectivity index (χ0n) is 13.6. The molecular weight excluding hydrogens is 268 g/mol. The van der Waals surface area contributed by atoms with Crippen LogP contribution in [0, 0.1) is 0 Å². The molecule has 0 N–H and O–H groups in total. The quantitative estimate of drug-likeness (QED) is 0.575. The molecule has 0 radical (unpaired) electrons. The van der Waals surface area contributed by atoms with E-state index in [9.17, 15) is 0 Å². The molecule has 1 fully saturated rings. The van der Waals surface area contributed by atoms with Gasteiger partial charge in [-0.2, -0.15) is 0 Å². The number of thiol groups is 1. The van der Waals surface area contributed by atoms with Crippen LogP contribution < -0.4 is 4.74 Å². The Bertz CT molecular complexity index is 316. The van der Waals surface area contributed by atoms with Gasteiger partial charge < -0.3 is 8.92 Å². The van der Waals surface area contributed by atoms with E-state index in [1.54, 1.807) is 7.11 Å². The van der Waals surface area contributed by atoms with E-state index in [0.29, 0.717) is 12.0 Å². The van der Waals surface area contributed by atoms with Crippen LogP contribution in [0.4, 0.5) is 0 Å². The second-order valence-electron chi connectivity index (χ2n) is 4.35. The molecule has 1 aliphatic rings. The highest BCUT2D eigenvalue weighted by Gasteiger charge is 2.22. The lowest BCUT2D eigenvalue weighted by Gasteiger charge is -2.27. The summed E-state index contributed by atoms with van der Waals surface area (Å²) in [6, 6.07) is 8.42. The molecule has 0 atom stereocenters. The molecule has 0 saturated heterocycles. The summed E-state index contributed by atoms with van der Waals surface area (Å²) >= 11 is 3.89. The molecule has 1 aromatic carbocycles. The van der Waals surface area contributed by atoms with E-state index < -0.39 is 0 Å². The van der Waals surface area contributed by atoms with Crippen LogP contribution in [-0.2, 0) is 4.18 Å². The molecule has 0 heterocycles. The Labute approximate surface area is 130 Å². The van der Waals surface area contributed by atoms with E-state index in [1.165, 1.54) is 18.4 Å². The molecule has 116 valence electrons. The molecule has 0 spiro atoms. The van der Waals surface area contributed by atoms with Crippen LogP contribution in [0.15, 0.2) is 24.3 Å². The van der Waals surface area contributed by atoms with Crippen molar-refractivity contribution in [2.45, 2.75) is 65.4 Å². The maximum atomic E-state index is 5.16. The summed E-state index contributed by atoms with van der Waals surface area (Å²) in [5.74, 6) is 1.60. The molecule has 0 aliphatic heterocycles. The summed E-state index contributed by atoms with van der Waals surface area (Å²) in [5, 5.41) is 0. The van der Waals surface area contributed by atoms with Crippen LogP contribution in [0.2, 0.25) is 0 Å². The number of hydrogen-bond donors (Lipinski definition) is 1. The van der Waals surface area contributed by atoms with Crippen molar-refractivity contribution in [2.24, 2.45) is 0 Å². The van der Waals surface area contributed by atoms with Crippen LogP contribution in [0.3, 0.4) is 0 Å². The van der Waals surface area contributed by atoms with Crippen molar-refractivity contribution in [3.05, 3.63) is 29.8 Å². The Morgan fingerprint density at radius 2 is 1.40 bits per heavy atom. The number of methoxy groups -OCH3 is 1. The predicted molar refractivity (Wildman–Crippen MR) is 90.8 cm³/mol. The second-order valence-corrected chi connectivity index (χ2v) is 4.56. The van der Waals surface area contributed by atoms with Crippen molar-refractivity contribution in [3.63, 3.8) is 0 Å². The molecule has 20 heavy (non-hydrogen) atoms. The van der Waals surface area contributed by atoms with Crippen LogP contribution in [0.5, 0.6) is 5.75 Å². The average molecular weight is 298 g/mol. The Balaban J connectivity index is 0.000000829. The maximum absolute atomic E-state index is 5.16. The lowest BCUT2D eigenvalue weighted by atomic mass is 9.83. The minimum absolute atomic E-state index is 0.345. The normalized spacial score (nSPS) is 20.9. The van der Waals surface area contributed by atoms with E-state index in [-0.39, 0.29) is 0 Å². The lowest BCUT2D eigenvalue weighted by molar-refractivity contribution is 0.178. The Morgan fingerprint density at radius 3 is 1.80 bits per heavy atom. The number of ether oxygens (including phenoxy) is 1. The molecular formula is C17H30O2S. The van der Waals surface area contributed by atoms with Gasteiger partial charge in [0.2, 0.25) is 0 Å². The van der Waals surface area contributed by atoms with Crippen LogP contribution in [-0.4, -0.2) is 13.2 Å². The highest BCUT2D eigenvalue weighted by Crippen LogP contribution is 2.34. The van der Waals surface area contributed by atoms with E-state index in [4.69, 9.17) is 8.92 Å². The van der Waals surface area contributed by atoms with Crippen LogP contribution >= 0.6 is 12.9 Å². The standard InChI is InChI=1S/C13H18O2S.2C2H6/c1-14-12-6-2-10(3-7-12)11-4-8-13(15-16)9-5-11;2*1-2/h2-3,6-7,11,13,16H,4-5,8-9H2,1H3;2*1-2H3. The zero-order valence-corrected chi connectivity index (χ0v) is 14.5. The van der Waals surface area contributed by atoms with Gasteiger partial charge in [-0.3, -0.25) is 0 Å². The summed E-state index contributed by atoms with van der Waals surface area (Å²) in [7, 11) is 1.70. The first kappa shape index (κ1) is 19.3. The molecule has 2 nitrogen and oxygen atoms in total. The first-order valence-corrected chi connectivity index (χ1v) is 8.14. The van der Waals surface area contributed by atoms with Gasteiger partial charge in [-0.25, -0.2) is 0 Å². The van der Waals surface area contributed by atoms with Gasteiger partial charge in [0.25, 0.3) is 0 Å². The monoisotopic (exact) mass is 298 g/mol. The van der Waals surface area contributed by atoms with Crippen molar-refractivity contribution >= 4 is 12.9 Å². The largest absolute Gasteiger partial charge is 0.497 e. The van der Waals surface area contributed by atoms with Crippen LogP contribution in [0.1, 0.15) is 64.9 Å². The number of hydrogen-bond acceptors (Lipinski definition) is 3. The van der Waals surface area contributed by atoms with E-state index in [1.807, 2.05) is 39.8 Å². The number of rotatable bonds is 3. The molecule has 0 bridgehead atoms. The van der Waals surface area contributed by atoms with E-state index in [0.717, 1.165) is 18.6 Å². The van der Waals surface area contributed by atoms with Gasteiger partial charge in [-0.15, -0.1) is 0 Å². The Hall–Kier alpha value is -0.670. The molecule has 0 aromatic heterocycles. The topological polar surface area (TPSA) is 18.5 Å². The second kappa shape index (κ2) is 12.1. The number of benzene rings is 1. The van der Waals surface area contributed by atoms with Gasteiger partial charge in [-0.1, -0.05) is 39.8 Å². The molecule has 1 saturated carbocycles. The van der Waals surface area contributed by atoms with Gasteiger partial charge in [0.15, 0.2) is 0 Å². The molecule has 0 amide bonds. The van der Waals surface area contributed by atoms with Gasteiger partial charge >= 0.3 is 0 Å². The highest BCUT2D eigenvalue weighted by molar-refractivity contribution is 7.75. The summed E-state index contributed by atoms with van der Waals surface area (Å²) in [5.41, 5.74) is 1.42. The fourth-order valence-electron chi connectivity index (χ4n) is 2.38. The van der Waals surface area contributed by atoms with Gasteiger partial charge in [0, 0.05) is 0 Å². The fraction of sp³-hybridized carbons (Fsp3) is 0.647. The molecule has 1 aromatic rings. The first-order chi connectivity index (χ1) is 9.83. The first-order valence-electron chi connectivity index (χ1n) is 7.77. The summed E-state index contributed by atoms with van der Waals surface area (Å²) in [6.07, 6.45) is 4.95. The van der Waals surface area contributed by atoms with Crippen LogP contribution in [0.25, 0.3) is 0 Å².